The van der Waals surface area contributed by atoms with Gasteiger partial charge in [-0.25, -0.2) is 0 Å². The summed E-state index contributed by atoms with van der Waals surface area (Å²) in [5.41, 5.74) is 0.936. The molecule has 0 bridgehead atoms. The van der Waals surface area contributed by atoms with Crippen LogP contribution < -0.4 is 5.32 Å². The van der Waals surface area contributed by atoms with Crippen molar-refractivity contribution in [3.05, 3.63) is 29.8 Å². The Morgan fingerprint density at radius 3 is 2.44 bits per heavy atom. The van der Waals surface area contributed by atoms with E-state index < -0.39 is 42.3 Å². The first-order valence-corrected chi connectivity index (χ1v) is 7.55. The lowest BCUT2D eigenvalue weighted by molar-refractivity contribution is -0.157. The molecule has 2 N–H and O–H groups in total. The Kier molecular flexibility index (Phi) is 5.34. The first kappa shape index (κ1) is 18.8. The summed E-state index contributed by atoms with van der Waals surface area (Å²) in [5, 5.41) is 11.5. The van der Waals surface area contributed by atoms with Crippen LogP contribution in [0.1, 0.15) is 24.8 Å². The number of amides is 2. The molecule has 9 heteroatoms. The lowest BCUT2D eigenvalue weighted by Gasteiger charge is -2.18. The van der Waals surface area contributed by atoms with Crippen molar-refractivity contribution in [2.45, 2.75) is 25.4 Å². The maximum absolute atomic E-state index is 12.4. The van der Waals surface area contributed by atoms with Crippen LogP contribution in [0.15, 0.2) is 24.3 Å². The number of anilines is 1. The van der Waals surface area contributed by atoms with E-state index in [1.165, 1.54) is 19.1 Å². The second kappa shape index (κ2) is 7.12. The van der Waals surface area contributed by atoms with E-state index in [0.29, 0.717) is 16.2 Å². The van der Waals surface area contributed by atoms with E-state index in [-0.39, 0.29) is 13.0 Å². The van der Waals surface area contributed by atoms with Gasteiger partial charge >= 0.3 is 12.1 Å². The zero-order valence-corrected chi connectivity index (χ0v) is 13.3. The molecule has 1 saturated heterocycles. The van der Waals surface area contributed by atoms with Crippen LogP contribution in [-0.2, 0) is 14.4 Å². The predicted molar refractivity (Wildman–Crippen MR) is 81.9 cm³/mol. The van der Waals surface area contributed by atoms with Crippen LogP contribution in [0.3, 0.4) is 0 Å². The number of alkyl halides is 3. The molecule has 0 saturated carbocycles. The average Bonchev–Trinajstić information content (AvgIpc) is 2.86. The van der Waals surface area contributed by atoms with E-state index in [1.54, 1.807) is 12.1 Å². The Morgan fingerprint density at radius 1 is 1.32 bits per heavy atom. The van der Waals surface area contributed by atoms with Crippen LogP contribution in [0, 0.1) is 5.92 Å². The number of carbonyl (C=O) groups is 3. The van der Waals surface area contributed by atoms with E-state index in [2.05, 4.69) is 5.32 Å². The molecule has 0 spiro atoms. The summed E-state index contributed by atoms with van der Waals surface area (Å²) < 4.78 is 37.1. The molecule has 1 fully saturated rings. The van der Waals surface area contributed by atoms with E-state index in [4.69, 9.17) is 5.11 Å². The monoisotopic (exact) mass is 358 g/mol. The molecule has 1 aromatic carbocycles. The van der Waals surface area contributed by atoms with E-state index in [0.717, 1.165) is 0 Å². The molecule has 6 nitrogen and oxygen atoms in total. The largest absolute Gasteiger partial charge is 0.481 e. The zero-order chi connectivity index (χ0) is 18.8. The van der Waals surface area contributed by atoms with Crippen LogP contribution >= 0.6 is 0 Å². The van der Waals surface area contributed by atoms with Gasteiger partial charge in [-0.3, -0.25) is 14.4 Å². The Bertz CT molecular complexity index is 673. The number of hydrogen-bond donors (Lipinski definition) is 2. The van der Waals surface area contributed by atoms with Crippen molar-refractivity contribution in [1.29, 1.82) is 0 Å². The minimum atomic E-state index is -4.50. The number of carbonyl (C=O) groups excluding carboxylic acids is 2. The summed E-state index contributed by atoms with van der Waals surface area (Å²) in [6.07, 6.45) is -4.77. The highest BCUT2D eigenvalue weighted by Gasteiger charge is 2.40. The highest BCUT2D eigenvalue weighted by molar-refractivity contribution is 5.97. The maximum Gasteiger partial charge on any atom is 0.406 e. The fourth-order valence-electron chi connectivity index (χ4n) is 2.56. The summed E-state index contributed by atoms with van der Waals surface area (Å²) in [4.78, 5) is 35.3. The van der Waals surface area contributed by atoms with Crippen LogP contribution in [0.4, 0.5) is 18.9 Å². The van der Waals surface area contributed by atoms with Crippen molar-refractivity contribution in [2.75, 3.05) is 18.4 Å². The van der Waals surface area contributed by atoms with Crippen LogP contribution in [0.25, 0.3) is 0 Å². The molecule has 0 aliphatic carbocycles. The second-order valence-electron chi connectivity index (χ2n) is 5.96. The van der Waals surface area contributed by atoms with Crippen LogP contribution in [-0.4, -0.2) is 47.1 Å². The van der Waals surface area contributed by atoms with Crippen LogP contribution in [0.5, 0.6) is 0 Å². The van der Waals surface area contributed by atoms with Gasteiger partial charge in [-0.15, -0.1) is 0 Å². The Hall–Kier alpha value is -2.58. The van der Waals surface area contributed by atoms with Gasteiger partial charge in [0.1, 0.15) is 6.54 Å². The molecule has 136 valence electrons. The molecule has 0 radical (unpaired) electrons. The summed E-state index contributed by atoms with van der Waals surface area (Å²) >= 11 is 0. The fraction of sp³-hybridized carbons (Fsp3) is 0.438. The quantitative estimate of drug-likeness (QED) is 0.845. The number of carboxylic acids is 1. The van der Waals surface area contributed by atoms with Crippen molar-refractivity contribution in [2.24, 2.45) is 5.92 Å². The minimum Gasteiger partial charge on any atom is -0.481 e. The number of halogens is 3. The first-order valence-electron chi connectivity index (χ1n) is 7.55. The maximum atomic E-state index is 12.4. The van der Waals surface area contributed by atoms with Gasteiger partial charge in [-0.05, 0) is 24.6 Å². The predicted octanol–water partition coefficient (Wildman–Crippen LogP) is 2.22. The van der Waals surface area contributed by atoms with Gasteiger partial charge in [-0.2, -0.15) is 13.2 Å². The summed E-state index contributed by atoms with van der Waals surface area (Å²) in [6.45, 7) is -0.120. The molecular formula is C16H17F3N2O4. The van der Waals surface area contributed by atoms with Crippen molar-refractivity contribution in [3.63, 3.8) is 0 Å². The van der Waals surface area contributed by atoms with Crippen LogP contribution in [0.2, 0.25) is 0 Å². The third kappa shape index (κ3) is 4.94. The first-order chi connectivity index (χ1) is 11.6. The molecule has 2 amide bonds. The number of hydrogen-bond acceptors (Lipinski definition) is 3. The van der Waals surface area contributed by atoms with Gasteiger partial charge < -0.3 is 15.3 Å². The number of benzene rings is 1. The van der Waals surface area contributed by atoms with Gasteiger partial charge in [0, 0.05) is 18.7 Å². The van der Waals surface area contributed by atoms with Gasteiger partial charge in [0.05, 0.1) is 11.8 Å². The lowest BCUT2D eigenvalue weighted by Crippen LogP contribution is -2.36. The Labute approximate surface area is 141 Å². The third-order valence-corrected chi connectivity index (χ3v) is 4.00. The van der Waals surface area contributed by atoms with Crippen molar-refractivity contribution >= 4 is 23.5 Å². The van der Waals surface area contributed by atoms with E-state index in [9.17, 15) is 27.6 Å². The second-order valence-corrected chi connectivity index (χ2v) is 5.96. The molecule has 1 aliphatic heterocycles. The Balaban J connectivity index is 1.96. The molecule has 1 aliphatic rings. The standard InChI is InChI=1S/C16H17F3N2O4/c1-9(15(24)25)10-2-4-12(5-3-10)20-14(23)11-6-13(22)21(7-11)8-16(17,18)19/h2-5,9,11H,6-8H2,1H3,(H,20,23)(H,24,25). The summed E-state index contributed by atoms with van der Waals surface area (Å²) in [7, 11) is 0. The highest BCUT2D eigenvalue weighted by atomic mass is 19.4. The molecule has 1 heterocycles. The number of nitrogens with zero attached hydrogens (tertiary/aromatic N) is 1. The molecule has 2 unspecified atom stereocenters. The zero-order valence-electron chi connectivity index (χ0n) is 13.3. The molecular weight excluding hydrogens is 341 g/mol. The van der Waals surface area contributed by atoms with Gasteiger partial charge in [0.2, 0.25) is 11.8 Å². The number of aliphatic carboxylic acids is 1. The fourth-order valence-corrected chi connectivity index (χ4v) is 2.56. The number of carboxylic acid groups (broad SMARTS) is 1. The molecule has 25 heavy (non-hydrogen) atoms. The minimum absolute atomic E-state index is 0.268. The number of rotatable bonds is 5. The Morgan fingerprint density at radius 2 is 1.92 bits per heavy atom. The molecule has 2 atom stereocenters. The topological polar surface area (TPSA) is 86.7 Å². The molecule has 2 rings (SSSR count). The van der Waals surface area contributed by atoms with Crippen molar-refractivity contribution < 1.29 is 32.7 Å². The summed E-state index contributed by atoms with van der Waals surface area (Å²) in [5.74, 6) is -3.79. The molecule has 1 aromatic rings. The number of likely N-dealkylation sites (tertiary alicyclic amines) is 1. The van der Waals surface area contributed by atoms with Gasteiger partial charge in [-0.1, -0.05) is 12.1 Å². The lowest BCUT2D eigenvalue weighted by atomic mass is 10.0. The normalized spacial score (nSPS) is 19.0. The summed E-state index contributed by atoms with van der Waals surface area (Å²) in [6, 6.07) is 6.11. The van der Waals surface area contributed by atoms with Crippen molar-refractivity contribution in [3.8, 4) is 0 Å². The van der Waals surface area contributed by atoms with Gasteiger partial charge in [0.15, 0.2) is 0 Å². The molecule has 0 aromatic heterocycles. The highest BCUT2D eigenvalue weighted by Crippen LogP contribution is 2.25. The van der Waals surface area contributed by atoms with E-state index in [1.807, 2.05) is 0 Å². The smallest absolute Gasteiger partial charge is 0.406 e. The SMILES string of the molecule is CC(C(=O)O)c1ccc(NC(=O)C2CC(=O)N(CC(F)(F)F)C2)cc1. The third-order valence-electron chi connectivity index (χ3n) is 4.00. The average molecular weight is 358 g/mol. The van der Waals surface area contributed by atoms with Gasteiger partial charge in [0.25, 0.3) is 0 Å². The van der Waals surface area contributed by atoms with Crippen molar-refractivity contribution in [1.82, 2.24) is 4.90 Å². The number of nitrogens with one attached hydrogen (secondary N) is 1. The van der Waals surface area contributed by atoms with E-state index >= 15 is 0 Å².